The van der Waals surface area contributed by atoms with E-state index in [0.717, 1.165) is 6.07 Å². The number of amides is 1. The van der Waals surface area contributed by atoms with Gasteiger partial charge in [-0.2, -0.15) is 0 Å². The van der Waals surface area contributed by atoms with Crippen LogP contribution in [0.25, 0.3) is 0 Å². The number of benzene rings is 1. The predicted molar refractivity (Wildman–Crippen MR) is 75.4 cm³/mol. The van der Waals surface area contributed by atoms with E-state index < -0.39 is 16.4 Å². The number of hydrogen-bond donors (Lipinski definition) is 2. The largest absolute Gasteiger partial charge is 0.385 e. The van der Waals surface area contributed by atoms with E-state index in [-0.39, 0.29) is 28.9 Å². The van der Waals surface area contributed by atoms with Crippen molar-refractivity contribution in [3.05, 3.63) is 38.9 Å². The lowest BCUT2D eigenvalue weighted by Crippen LogP contribution is -2.47. The molecule has 0 saturated carbocycles. The Hall–Kier alpha value is -1.70. The zero-order chi connectivity index (χ0) is 15.6. The van der Waals surface area contributed by atoms with E-state index in [2.05, 4.69) is 5.32 Å². The molecule has 1 aromatic carbocycles. The van der Waals surface area contributed by atoms with Crippen molar-refractivity contribution in [2.75, 3.05) is 13.2 Å². The van der Waals surface area contributed by atoms with Gasteiger partial charge in [0, 0.05) is 31.2 Å². The van der Waals surface area contributed by atoms with Crippen LogP contribution in [0.15, 0.2) is 18.2 Å². The summed E-state index contributed by atoms with van der Waals surface area (Å²) in [6.45, 7) is 2.18. The molecule has 2 rings (SSSR count). The van der Waals surface area contributed by atoms with E-state index in [9.17, 15) is 20.0 Å². The molecule has 1 aliphatic heterocycles. The first-order valence-corrected chi connectivity index (χ1v) is 6.77. The monoisotopic (exact) mass is 314 g/mol. The molecule has 0 aromatic heterocycles. The molecule has 0 aliphatic carbocycles. The van der Waals surface area contributed by atoms with Gasteiger partial charge in [0.05, 0.1) is 11.0 Å². The summed E-state index contributed by atoms with van der Waals surface area (Å²) in [5.41, 5.74) is -1.34. The molecule has 1 fully saturated rings. The number of hydrogen-bond acceptors (Lipinski definition) is 5. The van der Waals surface area contributed by atoms with Crippen LogP contribution in [0.1, 0.15) is 23.7 Å². The fourth-order valence-corrected chi connectivity index (χ4v) is 2.32. The SMILES string of the molecule is CC1OCCC1(O)CNC(=O)c1ccc(Cl)c([N+](=O)[O-])c1. The van der Waals surface area contributed by atoms with Gasteiger partial charge in [0.15, 0.2) is 0 Å². The van der Waals surface area contributed by atoms with Gasteiger partial charge in [0.1, 0.15) is 10.6 Å². The lowest BCUT2D eigenvalue weighted by Gasteiger charge is -2.26. The Morgan fingerprint density at radius 2 is 2.38 bits per heavy atom. The third-order valence-electron chi connectivity index (χ3n) is 3.62. The van der Waals surface area contributed by atoms with E-state index in [1.54, 1.807) is 6.92 Å². The van der Waals surface area contributed by atoms with Gasteiger partial charge in [0.2, 0.25) is 0 Å². The molecule has 2 N–H and O–H groups in total. The highest BCUT2D eigenvalue weighted by atomic mass is 35.5. The molecule has 0 radical (unpaired) electrons. The van der Waals surface area contributed by atoms with E-state index in [1.807, 2.05) is 0 Å². The third kappa shape index (κ3) is 3.31. The van der Waals surface area contributed by atoms with E-state index in [1.165, 1.54) is 12.1 Å². The molecule has 1 aliphatic rings. The average Bonchev–Trinajstić information content (AvgIpc) is 2.77. The molecule has 1 aromatic rings. The van der Waals surface area contributed by atoms with Gasteiger partial charge in [-0.3, -0.25) is 14.9 Å². The van der Waals surface area contributed by atoms with E-state index >= 15 is 0 Å². The molecule has 7 nitrogen and oxygen atoms in total. The lowest BCUT2D eigenvalue weighted by atomic mass is 9.96. The van der Waals surface area contributed by atoms with Crippen LogP contribution in [0.2, 0.25) is 5.02 Å². The van der Waals surface area contributed by atoms with Crippen molar-refractivity contribution in [2.24, 2.45) is 0 Å². The minimum Gasteiger partial charge on any atom is -0.385 e. The minimum atomic E-state index is -1.12. The maximum atomic E-state index is 12.0. The standard InChI is InChI=1S/C13H15ClN2O5/c1-8-13(18,4-5-21-8)7-15-12(17)9-2-3-10(14)11(6-9)16(19)20/h2-3,6,8,18H,4-5,7H2,1H3,(H,15,17). The second-order valence-corrected chi connectivity index (χ2v) is 5.38. The van der Waals surface area contributed by atoms with Crippen molar-refractivity contribution in [3.63, 3.8) is 0 Å². The minimum absolute atomic E-state index is 0.0173. The first kappa shape index (κ1) is 15.7. The van der Waals surface area contributed by atoms with Gasteiger partial charge in [-0.25, -0.2) is 0 Å². The Morgan fingerprint density at radius 3 is 2.95 bits per heavy atom. The smallest absolute Gasteiger partial charge is 0.288 e. The molecule has 1 saturated heterocycles. The number of ether oxygens (including phenoxy) is 1. The number of nitro benzene ring substituents is 1. The van der Waals surface area contributed by atoms with Crippen LogP contribution < -0.4 is 5.32 Å². The van der Waals surface area contributed by atoms with Crippen LogP contribution in [0.4, 0.5) is 5.69 Å². The van der Waals surface area contributed by atoms with Crippen molar-refractivity contribution < 1.29 is 19.6 Å². The summed E-state index contributed by atoms with van der Waals surface area (Å²) in [6, 6.07) is 3.80. The van der Waals surface area contributed by atoms with Crippen LogP contribution in [0.5, 0.6) is 0 Å². The van der Waals surface area contributed by atoms with Crippen LogP contribution in [0.3, 0.4) is 0 Å². The Morgan fingerprint density at radius 1 is 1.67 bits per heavy atom. The molecule has 0 bridgehead atoms. The maximum Gasteiger partial charge on any atom is 0.288 e. The summed E-state index contributed by atoms with van der Waals surface area (Å²) in [6.07, 6.45) is 0.0484. The lowest BCUT2D eigenvalue weighted by molar-refractivity contribution is -0.384. The predicted octanol–water partition coefficient (Wildman–Crippen LogP) is 1.52. The summed E-state index contributed by atoms with van der Waals surface area (Å²) < 4.78 is 5.26. The van der Waals surface area contributed by atoms with Crippen molar-refractivity contribution in [2.45, 2.75) is 25.0 Å². The summed E-state index contributed by atoms with van der Waals surface area (Å²) in [5, 5.41) is 23.6. The number of carbonyl (C=O) groups is 1. The van der Waals surface area contributed by atoms with Gasteiger partial charge in [-0.15, -0.1) is 0 Å². The number of rotatable bonds is 4. The van der Waals surface area contributed by atoms with Crippen molar-refractivity contribution in [3.8, 4) is 0 Å². The summed E-state index contributed by atoms with van der Waals surface area (Å²) in [5.74, 6) is -0.512. The molecule has 114 valence electrons. The van der Waals surface area contributed by atoms with Crippen molar-refractivity contribution >= 4 is 23.2 Å². The van der Waals surface area contributed by atoms with Gasteiger partial charge in [-0.05, 0) is 19.1 Å². The second-order valence-electron chi connectivity index (χ2n) is 4.97. The zero-order valence-corrected chi connectivity index (χ0v) is 12.1. The number of nitrogens with one attached hydrogen (secondary N) is 1. The fourth-order valence-electron chi connectivity index (χ4n) is 2.13. The average molecular weight is 315 g/mol. The highest BCUT2D eigenvalue weighted by Crippen LogP contribution is 2.26. The number of carbonyl (C=O) groups excluding carboxylic acids is 1. The second kappa shape index (κ2) is 5.97. The number of nitro groups is 1. The molecule has 8 heteroatoms. The number of aliphatic hydroxyl groups is 1. The third-order valence-corrected chi connectivity index (χ3v) is 3.94. The molecule has 21 heavy (non-hydrogen) atoms. The van der Waals surface area contributed by atoms with Gasteiger partial charge < -0.3 is 15.2 Å². The zero-order valence-electron chi connectivity index (χ0n) is 11.3. The van der Waals surface area contributed by atoms with Gasteiger partial charge in [0.25, 0.3) is 11.6 Å². The summed E-state index contributed by atoms with van der Waals surface area (Å²) in [4.78, 5) is 22.1. The summed E-state index contributed by atoms with van der Waals surface area (Å²) in [7, 11) is 0. The van der Waals surface area contributed by atoms with Crippen molar-refractivity contribution in [1.29, 1.82) is 0 Å². The number of halogens is 1. The topological polar surface area (TPSA) is 102 Å². The quantitative estimate of drug-likeness (QED) is 0.648. The highest BCUT2D eigenvalue weighted by molar-refractivity contribution is 6.32. The van der Waals surface area contributed by atoms with Crippen LogP contribution in [0, 0.1) is 10.1 Å². The van der Waals surface area contributed by atoms with E-state index in [4.69, 9.17) is 16.3 Å². The normalized spacial score (nSPS) is 24.8. The highest BCUT2D eigenvalue weighted by Gasteiger charge is 2.39. The molecule has 0 spiro atoms. The molecular weight excluding hydrogens is 300 g/mol. The van der Waals surface area contributed by atoms with Gasteiger partial charge in [-0.1, -0.05) is 11.6 Å². The Labute approximate surface area is 126 Å². The van der Waals surface area contributed by atoms with E-state index in [0.29, 0.717) is 13.0 Å². The molecule has 2 atom stereocenters. The first-order chi connectivity index (χ1) is 9.83. The van der Waals surface area contributed by atoms with Crippen LogP contribution >= 0.6 is 11.6 Å². The molecule has 2 unspecified atom stereocenters. The molecule has 1 amide bonds. The summed E-state index contributed by atoms with van der Waals surface area (Å²) >= 11 is 5.69. The van der Waals surface area contributed by atoms with Gasteiger partial charge >= 0.3 is 0 Å². The molecular formula is C13H15ClN2O5. The molecule has 1 heterocycles. The van der Waals surface area contributed by atoms with Crippen LogP contribution in [-0.2, 0) is 4.74 Å². The Balaban J connectivity index is 2.07. The Bertz CT molecular complexity index is 580. The fraction of sp³-hybridized carbons (Fsp3) is 0.462. The van der Waals surface area contributed by atoms with Crippen LogP contribution in [-0.4, -0.2) is 40.8 Å². The first-order valence-electron chi connectivity index (χ1n) is 6.39. The Kier molecular flexibility index (Phi) is 4.46. The van der Waals surface area contributed by atoms with Crippen molar-refractivity contribution in [1.82, 2.24) is 5.32 Å². The number of nitrogens with zero attached hydrogens (tertiary/aromatic N) is 1. The maximum absolute atomic E-state index is 12.0.